The van der Waals surface area contributed by atoms with Gasteiger partial charge in [-0.2, -0.15) is 0 Å². The second-order valence-corrected chi connectivity index (χ2v) is 13.8. The van der Waals surface area contributed by atoms with Crippen molar-refractivity contribution in [3.63, 3.8) is 0 Å². The van der Waals surface area contributed by atoms with Crippen molar-refractivity contribution in [3.05, 3.63) is 87.6 Å². The first-order valence-corrected chi connectivity index (χ1v) is 17.4. The normalized spacial score (nSPS) is 17.5. The van der Waals surface area contributed by atoms with Crippen molar-refractivity contribution in [2.75, 3.05) is 35.8 Å². The number of nitrogens with one attached hydrogen (secondary N) is 1. The van der Waals surface area contributed by atoms with Gasteiger partial charge in [-0.15, -0.1) is 23.5 Å². The van der Waals surface area contributed by atoms with Crippen LogP contribution in [-0.4, -0.2) is 68.4 Å². The van der Waals surface area contributed by atoms with Crippen LogP contribution in [0, 0.1) is 0 Å². The number of aromatic nitrogens is 2. The van der Waals surface area contributed by atoms with E-state index in [4.69, 9.17) is 44.1 Å². The number of benzene rings is 2. The van der Waals surface area contributed by atoms with E-state index in [2.05, 4.69) is 15.3 Å². The molecule has 46 heavy (non-hydrogen) atoms. The maximum atomic E-state index is 13.5. The standard InChI is InChI=1S/C30H28Cl2N6O5S3/c1-42-19-7-4-16(5-8-19)13-43-29(41)26-17(3-2-10-44-30-35-22(33)12-23(34)36-30)14-46-28-25(27(40)38(26)28)37-24(39)15-45-21-11-18(31)6-9-20(21)32/h2-9,11-12,25,28H,10,13-15H2,1H3,(H,37,39)(H4,33,34,35,36)/b3-2+/t25-,28-/m1/s1. The SMILES string of the molecule is COc1ccc(COC(=O)C2=C(/C=C/CSc3nc(N)cc(N)n3)CS[C@@H]3[C@H](NC(=O)CSc4cc(Cl)ccc4Cl)C(=O)N23)cc1. The van der Waals surface area contributed by atoms with E-state index in [0.717, 1.165) is 5.56 Å². The average Bonchev–Trinajstić information content (AvgIpc) is 3.04. The zero-order valence-corrected chi connectivity index (χ0v) is 28.2. The van der Waals surface area contributed by atoms with Gasteiger partial charge in [-0.25, -0.2) is 14.8 Å². The number of esters is 1. The van der Waals surface area contributed by atoms with Crippen molar-refractivity contribution in [3.8, 4) is 5.75 Å². The molecule has 240 valence electrons. The Kier molecular flexibility index (Phi) is 11.3. The summed E-state index contributed by atoms with van der Waals surface area (Å²) in [6.45, 7) is -0.00332. The lowest BCUT2D eigenvalue weighted by Crippen LogP contribution is -2.70. The number of fused-ring (bicyclic) bond motifs is 1. The number of rotatable bonds is 12. The highest BCUT2D eigenvalue weighted by atomic mass is 35.5. The Labute approximate surface area is 287 Å². The van der Waals surface area contributed by atoms with Crippen LogP contribution in [0.1, 0.15) is 5.56 Å². The number of methoxy groups -OCH3 is 1. The molecule has 0 bridgehead atoms. The van der Waals surface area contributed by atoms with Gasteiger partial charge in [0.2, 0.25) is 5.91 Å². The quantitative estimate of drug-likeness (QED) is 0.102. The first-order chi connectivity index (χ1) is 22.1. The lowest BCUT2D eigenvalue weighted by molar-refractivity contribution is -0.153. The minimum Gasteiger partial charge on any atom is -0.497 e. The first-order valence-electron chi connectivity index (χ1n) is 13.7. The van der Waals surface area contributed by atoms with E-state index in [1.807, 2.05) is 6.08 Å². The second-order valence-electron chi connectivity index (χ2n) is 9.83. The van der Waals surface area contributed by atoms with Gasteiger partial charge in [0.05, 0.1) is 17.9 Å². The maximum Gasteiger partial charge on any atom is 0.355 e. The molecule has 0 spiro atoms. The summed E-state index contributed by atoms with van der Waals surface area (Å²) < 4.78 is 10.8. The molecule has 0 saturated carbocycles. The summed E-state index contributed by atoms with van der Waals surface area (Å²) in [5, 5.41) is 3.72. The minimum atomic E-state index is -0.801. The van der Waals surface area contributed by atoms with Crippen LogP contribution < -0.4 is 21.5 Å². The lowest BCUT2D eigenvalue weighted by Gasteiger charge is -2.49. The van der Waals surface area contributed by atoms with Gasteiger partial charge in [0.25, 0.3) is 5.91 Å². The van der Waals surface area contributed by atoms with E-state index in [1.165, 1.54) is 46.3 Å². The topological polar surface area (TPSA) is 163 Å². The predicted octanol–water partition coefficient (Wildman–Crippen LogP) is 4.79. The summed E-state index contributed by atoms with van der Waals surface area (Å²) in [5.41, 5.74) is 13.0. The summed E-state index contributed by atoms with van der Waals surface area (Å²) >= 11 is 16.2. The molecule has 2 aliphatic heterocycles. The molecular formula is C30H28Cl2N6O5S3. The minimum absolute atomic E-state index is 0.00332. The third-order valence-electron chi connectivity index (χ3n) is 6.66. The van der Waals surface area contributed by atoms with Crippen molar-refractivity contribution in [1.82, 2.24) is 20.2 Å². The highest BCUT2D eigenvalue weighted by Crippen LogP contribution is 2.41. The summed E-state index contributed by atoms with van der Waals surface area (Å²) in [5.74, 6) is 0.697. The van der Waals surface area contributed by atoms with Crippen LogP contribution in [0.3, 0.4) is 0 Å². The van der Waals surface area contributed by atoms with Crippen LogP contribution in [0.5, 0.6) is 5.75 Å². The second kappa shape index (κ2) is 15.4. The van der Waals surface area contributed by atoms with Crippen molar-refractivity contribution < 1.29 is 23.9 Å². The summed E-state index contributed by atoms with van der Waals surface area (Å²) in [6, 6.07) is 12.8. The third kappa shape index (κ3) is 8.23. The molecule has 0 unspecified atom stereocenters. The Hall–Kier alpha value is -3.56. The smallest absolute Gasteiger partial charge is 0.355 e. The van der Waals surface area contributed by atoms with Crippen molar-refractivity contribution in [1.29, 1.82) is 0 Å². The molecule has 2 aromatic carbocycles. The number of hydrogen-bond donors (Lipinski definition) is 3. The van der Waals surface area contributed by atoms with Crippen LogP contribution in [0.15, 0.2) is 82.0 Å². The van der Waals surface area contributed by atoms with Crippen LogP contribution in [0.4, 0.5) is 11.6 Å². The molecule has 11 nitrogen and oxygen atoms in total. The molecule has 3 heterocycles. The van der Waals surface area contributed by atoms with Crippen molar-refractivity contribution in [2.45, 2.75) is 28.1 Å². The third-order valence-corrected chi connectivity index (χ3v) is 10.5. The average molecular weight is 720 g/mol. The van der Waals surface area contributed by atoms with Crippen LogP contribution >= 0.6 is 58.5 Å². The number of nitrogens with two attached hydrogens (primary N) is 2. The summed E-state index contributed by atoms with van der Waals surface area (Å²) in [7, 11) is 1.57. The van der Waals surface area contributed by atoms with E-state index in [0.29, 0.717) is 42.9 Å². The number of amides is 2. The molecule has 0 aliphatic carbocycles. The number of allylic oxidation sites excluding steroid dienone is 1. The van der Waals surface area contributed by atoms with E-state index in [-0.39, 0.29) is 35.6 Å². The number of anilines is 2. The van der Waals surface area contributed by atoms with Gasteiger partial charge in [0.1, 0.15) is 41.1 Å². The molecule has 0 radical (unpaired) electrons. The van der Waals surface area contributed by atoms with Gasteiger partial charge < -0.3 is 26.3 Å². The molecule has 2 amide bonds. The number of carbonyl (C=O) groups is 3. The fourth-order valence-electron chi connectivity index (χ4n) is 4.48. The number of β-lactam (4-membered cyclic amide) rings is 1. The summed E-state index contributed by atoms with van der Waals surface area (Å²) in [6.07, 6.45) is 3.61. The molecule has 1 fully saturated rings. The molecule has 2 atom stereocenters. The van der Waals surface area contributed by atoms with Crippen LogP contribution in [0.25, 0.3) is 0 Å². The van der Waals surface area contributed by atoms with Gasteiger partial charge in [-0.05, 0) is 41.5 Å². The molecule has 5 rings (SSSR count). The molecular weight excluding hydrogens is 691 g/mol. The molecule has 5 N–H and O–H groups in total. The Morgan fingerprint density at radius 1 is 1.11 bits per heavy atom. The number of nitrogen functional groups attached to an aromatic ring is 2. The Balaban J connectivity index is 1.28. The van der Waals surface area contributed by atoms with E-state index < -0.39 is 23.3 Å². The van der Waals surface area contributed by atoms with Crippen molar-refractivity contribution in [2.24, 2.45) is 0 Å². The molecule has 3 aromatic rings. The van der Waals surface area contributed by atoms with Crippen LogP contribution in [0.2, 0.25) is 10.0 Å². The molecule has 16 heteroatoms. The van der Waals surface area contributed by atoms with Crippen molar-refractivity contribution >= 4 is 87.9 Å². The number of nitrogens with zero attached hydrogens (tertiary/aromatic N) is 3. The van der Waals surface area contributed by atoms with Gasteiger partial charge >= 0.3 is 5.97 Å². The van der Waals surface area contributed by atoms with Gasteiger partial charge in [-0.1, -0.05) is 59.2 Å². The zero-order chi connectivity index (χ0) is 32.8. The van der Waals surface area contributed by atoms with Gasteiger partial charge in [0.15, 0.2) is 5.16 Å². The summed E-state index contributed by atoms with van der Waals surface area (Å²) in [4.78, 5) is 50.1. The highest BCUT2D eigenvalue weighted by molar-refractivity contribution is 8.00. The maximum absolute atomic E-state index is 13.5. The van der Waals surface area contributed by atoms with E-state index >= 15 is 0 Å². The monoisotopic (exact) mass is 718 g/mol. The zero-order valence-electron chi connectivity index (χ0n) is 24.3. The first kappa shape index (κ1) is 33.8. The van der Waals surface area contributed by atoms with Gasteiger partial charge in [0, 0.05) is 27.5 Å². The van der Waals surface area contributed by atoms with E-state index in [9.17, 15) is 14.4 Å². The molecule has 1 aromatic heterocycles. The number of hydrogen-bond acceptors (Lipinski definition) is 12. The molecule has 1 saturated heterocycles. The Morgan fingerprint density at radius 2 is 1.85 bits per heavy atom. The predicted molar refractivity (Wildman–Crippen MR) is 183 cm³/mol. The van der Waals surface area contributed by atoms with E-state index in [1.54, 1.807) is 55.7 Å². The lowest BCUT2D eigenvalue weighted by atomic mass is 10.0. The highest BCUT2D eigenvalue weighted by Gasteiger charge is 2.54. The largest absolute Gasteiger partial charge is 0.497 e. The molecule has 2 aliphatic rings. The van der Waals surface area contributed by atoms with Gasteiger partial charge in [-0.3, -0.25) is 14.5 Å². The fraction of sp³-hybridized carbons (Fsp3) is 0.233. The fourth-order valence-corrected chi connectivity index (χ4v) is 7.79. The Bertz CT molecular complexity index is 1690. The number of ether oxygens (including phenoxy) is 2. The number of halogens is 2. The van der Waals surface area contributed by atoms with Crippen LogP contribution in [-0.2, 0) is 25.7 Å². The number of thioether (sulfide) groups is 3. The number of carbonyl (C=O) groups excluding carboxylic acids is 3. The Morgan fingerprint density at radius 3 is 2.57 bits per heavy atom.